The topological polar surface area (TPSA) is 76.7 Å². The van der Waals surface area contributed by atoms with Crippen molar-refractivity contribution in [2.45, 2.75) is 57.9 Å². The molecule has 1 fully saturated rings. The van der Waals surface area contributed by atoms with E-state index in [2.05, 4.69) is 10.3 Å². The van der Waals surface area contributed by atoms with Gasteiger partial charge in [0, 0.05) is 5.02 Å². The Morgan fingerprint density at radius 1 is 1.28 bits per heavy atom. The molecule has 3 N–H and O–H groups in total. The molecule has 2 rings (SSSR count). The third kappa shape index (κ3) is 7.12. The summed E-state index contributed by atoms with van der Waals surface area (Å²) in [5, 5.41) is 3.13. The number of ether oxygens (including phenoxy) is 1. The van der Waals surface area contributed by atoms with Gasteiger partial charge in [0.05, 0.1) is 18.2 Å². The lowest BCUT2D eigenvalue weighted by atomic mass is 9.97. The lowest BCUT2D eigenvalue weighted by Gasteiger charge is -2.17. The van der Waals surface area contributed by atoms with Gasteiger partial charge in [0.15, 0.2) is 5.96 Å². The summed E-state index contributed by atoms with van der Waals surface area (Å²) in [7, 11) is 0. The molecule has 1 aromatic carbocycles. The standard InChI is InChI=1S/C18H26ClN3O2.ClH/c1-2-24-16-11-10-13(19)12-15(16)17(23)22-18(20)21-14-8-6-4-3-5-7-9-14;/h10-12,14H,2-9H2,1H3,(H3,20,21,22,23);1H. The van der Waals surface area contributed by atoms with E-state index in [1.807, 2.05) is 6.92 Å². The van der Waals surface area contributed by atoms with Crippen molar-refractivity contribution in [1.29, 1.82) is 0 Å². The van der Waals surface area contributed by atoms with E-state index < -0.39 is 0 Å². The molecule has 0 heterocycles. The summed E-state index contributed by atoms with van der Waals surface area (Å²) in [4.78, 5) is 16.9. The monoisotopic (exact) mass is 387 g/mol. The largest absolute Gasteiger partial charge is 0.493 e. The number of benzene rings is 1. The number of guanidine groups is 1. The van der Waals surface area contributed by atoms with Crippen molar-refractivity contribution in [2.75, 3.05) is 6.61 Å². The summed E-state index contributed by atoms with van der Waals surface area (Å²) >= 11 is 5.99. The van der Waals surface area contributed by atoms with Crippen LogP contribution in [0, 0.1) is 0 Å². The number of hydrogen-bond acceptors (Lipinski definition) is 3. The van der Waals surface area contributed by atoms with Gasteiger partial charge in [-0.1, -0.05) is 43.7 Å². The normalized spacial score (nSPS) is 16.3. The summed E-state index contributed by atoms with van der Waals surface area (Å²) < 4.78 is 5.47. The van der Waals surface area contributed by atoms with Crippen molar-refractivity contribution in [3.63, 3.8) is 0 Å². The van der Waals surface area contributed by atoms with Crippen LogP contribution in [0.4, 0.5) is 0 Å². The molecule has 0 spiro atoms. The minimum Gasteiger partial charge on any atom is -0.493 e. The van der Waals surface area contributed by atoms with Crippen molar-refractivity contribution in [3.05, 3.63) is 28.8 Å². The average Bonchev–Trinajstić information content (AvgIpc) is 2.51. The summed E-state index contributed by atoms with van der Waals surface area (Å²) in [5.41, 5.74) is 6.30. The molecule has 7 heteroatoms. The molecule has 0 atom stereocenters. The zero-order chi connectivity index (χ0) is 17.4. The number of aliphatic imine (C=N–C) groups is 1. The summed E-state index contributed by atoms with van der Waals surface area (Å²) in [6.07, 6.45) is 8.18. The number of halogens is 2. The Morgan fingerprint density at radius 2 is 1.92 bits per heavy atom. The van der Waals surface area contributed by atoms with Gasteiger partial charge in [0.25, 0.3) is 5.91 Å². The van der Waals surface area contributed by atoms with E-state index in [0.29, 0.717) is 22.9 Å². The van der Waals surface area contributed by atoms with E-state index in [-0.39, 0.29) is 30.3 Å². The highest BCUT2D eigenvalue weighted by Crippen LogP contribution is 2.23. The van der Waals surface area contributed by atoms with Gasteiger partial charge in [0.2, 0.25) is 0 Å². The number of amides is 1. The molecule has 0 radical (unpaired) electrons. The van der Waals surface area contributed by atoms with Gasteiger partial charge < -0.3 is 10.5 Å². The minimum absolute atomic E-state index is 0. The third-order valence-corrected chi connectivity index (χ3v) is 4.36. The first-order chi connectivity index (χ1) is 11.6. The molecule has 0 aromatic heterocycles. The molecule has 0 aliphatic heterocycles. The highest BCUT2D eigenvalue weighted by atomic mass is 35.5. The van der Waals surface area contributed by atoms with Crippen LogP contribution in [0.2, 0.25) is 5.02 Å². The van der Waals surface area contributed by atoms with E-state index in [0.717, 1.165) is 25.7 Å². The molecule has 1 saturated carbocycles. The number of carbonyl (C=O) groups is 1. The zero-order valence-corrected chi connectivity index (χ0v) is 16.2. The van der Waals surface area contributed by atoms with Crippen molar-refractivity contribution >= 4 is 35.9 Å². The first-order valence-corrected chi connectivity index (χ1v) is 9.05. The fourth-order valence-electron chi connectivity index (χ4n) is 2.94. The van der Waals surface area contributed by atoms with E-state index in [9.17, 15) is 4.79 Å². The van der Waals surface area contributed by atoms with Crippen LogP contribution in [0.15, 0.2) is 23.2 Å². The Bertz CT molecular complexity index is 586. The molecule has 0 saturated heterocycles. The van der Waals surface area contributed by atoms with Crippen LogP contribution in [0.25, 0.3) is 0 Å². The maximum Gasteiger partial charge on any atom is 0.261 e. The van der Waals surface area contributed by atoms with E-state index in [1.54, 1.807) is 18.2 Å². The third-order valence-electron chi connectivity index (χ3n) is 4.12. The Kier molecular flexibility index (Phi) is 9.68. The number of nitrogens with one attached hydrogen (secondary N) is 1. The van der Waals surface area contributed by atoms with Gasteiger partial charge in [-0.05, 0) is 38.0 Å². The molecule has 1 aliphatic carbocycles. The lowest BCUT2D eigenvalue weighted by Crippen LogP contribution is -2.38. The van der Waals surface area contributed by atoms with Crippen LogP contribution in [-0.4, -0.2) is 24.5 Å². The smallest absolute Gasteiger partial charge is 0.261 e. The van der Waals surface area contributed by atoms with Crippen LogP contribution in [-0.2, 0) is 0 Å². The molecule has 1 amide bonds. The Balaban J connectivity index is 0.00000312. The molecule has 140 valence electrons. The van der Waals surface area contributed by atoms with Crippen LogP contribution in [0.1, 0.15) is 62.2 Å². The minimum atomic E-state index is -0.354. The molecule has 5 nitrogen and oxygen atoms in total. The van der Waals surface area contributed by atoms with Crippen molar-refractivity contribution < 1.29 is 9.53 Å². The second-order valence-electron chi connectivity index (χ2n) is 6.04. The predicted octanol–water partition coefficient (Wildman–Crippen LogP) is 4.32. The fraction of sp³-hybridized carbons (Fsp3) is 0.556. The van der Waals surface area contributed by atoms with E-state index in [1.165, 1.54) is 19.3 Å². The molecule has 25 heavy (non-hydrogen) atoms. The van der Waals surface area contributed by atoms with Crippen molar-refractivity contribution in [2.24, 2.45) is 10.7 Å². The van der Waals surface area contributed by atoms with Crippen LogP contribution < -0.4 is 15.8 Å². The van der Waals surface area contributed by atoms with Gasteiger partial charge in [-0.3, -0.25) is 10.1 Å². The highest BCUT2D eigenvalue weighted by molar-refractivity contribution is 6.31. The number of hydrogen-bond donors (Lipinski definition) is 2. The lowest BCUT2D eigenvalue weighted by molar-refractivity contribution is 0.0972. The van der Waals surface area contributed by atoms with Crippen LogP contribution in [0.5, 0.6) is 5.75 Å². The van der Waals surface area contributed by atoms with Gasteiger partial charge in [-0.25, -0.2) is 4.99 Å². The van der Waals surface area contributed by atoms with Gasteiger partial charge in [-0.15, -0.1) is 12.4 Å². The average molecular weight is 388 g/mol. The molecule has 1 aliphatic rings. The first-order valence-electron chi connectivity index (χ1n) is 8.67. The molecular weight excluding hydrogens is 361 g/mol. The number of carbonyl (C=O) groups excluding carboxylic acids is 1. The maximum atomic E-state index is 12.5. The molecule has 0 bridgehead atoms. The van der Waals surface area contributed by atoms with Gasteiger partial charge in [0.1, 0.15) is 5.75 Å². The predicted molar refractivity (Wildman–Crippen MR) is 105 cm³/mol. The summed E-state index contributed by atoms with van der Waals surface area (Å²) in [6.45, 7) is 2.33. The number of nitrogens with two attached hydrogens (primary N) is 1. The first kappa shape index (κ1) is 21.6. The Hall–Kier alpha value is -1.46. The Labute approximate surface area is 160 Å². The summed E-state index contributed by atoms with van der Waals surface area (Å²) in [6, 6.07) is 5.14. The quantitative estimate of drug-likeness (QED) is 0.596. The number of rotatable bonds is 4. The van der Waals surface area contributed by atoms with Crippen LogP contribution in [0.3, 0.4) is 0 Å². The second-order valence-corrected chi connectivity index (χ2v) is 6.48. The van der Waals surface area contributed by atoms with Gasteiger partial charge >= 0.3 is 0 Å². The van der Waals surface area contributed by atoms with E-state index in [4.69, 9.17) is 22.1 Å². The molecule has 0 unspecified atom stereocenters. The second kappa shape index (κ2) is 11.2. The molecular formula is C18H27Cl2N3O2. The van der Waals surface area contributed by atoms with Crippen molar-refractivity contribution in [3.8, 4) is 5.75 Å². The molecule has 1 aromatic rings. The zero-order valence-electron chi connectivity index (χ0n) is 14.6. The van der Waals surface area contributed by atoms with Crippen molar-refractivity contribution in [1.82, 2.24) is 5.32 Å². The Morgan fingerprint density at radius 3 is 2.56 bits per heavy atom. The van der Waals surface area contributed by atoms with E-state index >= 15 is 0 Å². The highest BCUT2D eigenvalue weighted by Gasteiger charge is 2.16. The SMILES string of the molecule is CCOc1ccc(Cl)cc1C(=O)NC(N)=NC1CCCCCCC1.Cl. The fourth-order valence-corrected chi connectivity index (χ4v) is 3.11. The van der Waals surface area contributed by atoms with Crippen LogP contribution >= 0.6 is 24.0 Å². The maximum absolute atomic E-state index is 12.5. The summed E-state index contributed by atoms with van der Waals surface area (Å²) in [5.74, 6) is 0.291. The van der Waals surface area contributed by atoms with Gasteiger partial charge in [-0.2, -0.15) is 0 Å². The number of nitrogens with zero attached hydrogens (tertiary/aromatic N) is 1.